The first-order chi connectivity index (χ1) is 7.77. The Morgan fingerprint density at radius 2 is 1.38 bits per heavy atom. The van der Waals surface area contributed by atoms with E-state index in [0.717, 1.165) is 0 Å². The standard InChI is InChI=1S/C4H8O2.2C4H4S/c1-3-6-4(2)5;2*1-2-4-5-3-1/h3H2,1-2H3;2*1-4H. The molecule has 0 saturated carbocycles. The van der Waals surface area contributed by atoms with Gasteiger partial charge in [-0.1, -0.05) is 24.3 Å². The van der Waals surface area contributed by atoms with E-state index in [1.165, 1.54) is 6.92 Å². The average Bonchev–Trinajstić information content (AvgIpc) is 2.98. The predicted octanol–water partition coefficient (Wildman–Crippen LogP) is 4.07. The van der Waals surface area contributed by atoms with Gasteiger partial charge in [0.05, 0.1) is 6.61 Å². The van der Waals surface area contributed by atoms with Crippen molar-refractivity contribution in [3.05, 3.63) is 45.8 Å². The van der Waals surface area contributed by atoms with Crippen LogP contribution in [0.2, 0.25) is 0 Å². The maximum atomic E-state index is 9.82. The van der Waals surface area contributed by atoms with E-state index < -0.39 is 0 Å². The van der Waals surface area contributed by atoms with E-state index in [4.69, 9.17) is 0 Å². The zero-order valence-corrected chi connectivity index (χ0v) is 11.1. The summed E-state index contributed by atoms with van der Waals surface area (Å²) in [5.74, 6) is -0.211. The van der Waals surface area contributed by atoms with Gasteiger partial charge >= 0.3 is 5.97 Å². The Bertz CT molecular complexity index is 254. The smallest absolute Gasteiger partial charge is 0.302 e. The molecular formula is C12H16O2S2. The van der Waals surface area contributed by atoms with Gasteiger partial charge in [0.15, 0.2) is 0 Å². The third-order valence-corrected chi connectivity index (χ3v) is 2.46. The summed E-state index contributed by atoms with van der Waals surface area (Å²) in [4.78, 5) is 9.82. The molecule has 0 aliphatic heterocycles. The largest absolute Gasteiger partial charge is 0.466 e. The van der Waals surface area contributed by atoms with Gasteiger partial charge in [-0.3, -0.25) is 4.79 Å². The van der Waals surface area contributed by atoms with Crippen molar-refractivity contribution in [1.82, 2.24) is 0 Å². The van der Waals surface area contributed by atoms with Gasteiger partial charge in [-0.25, -0.2) is 0 Å². The van der Waals surface area contributed by atoms with Gasteiger partial charge in [0.1, 0.15) is 0 Å². The average molecular weight is 256 g/mol. The Morgan fingerprint density at radius 1 is 1.00 bits per heavy atom. The van der Waals surface area contributed by atoms with Crippen LogP contribution in [0.1, 0.15) is 13.8 Å². The molecule has 0 aliphatic carbocycles. The fraction of sp³-hybridized carbons (Fsp3) is 0.250. The van der Waals surface area contributed by atoms with E-state index in [2.05, 4.69) is 4.74 Å². The third-order valence-electron chi connectivity index (χ3n) is 1.20. The highest BCUT2D eigenvalue weighted by atomic mass is 32.1. The molecule has 0 amide bonds. The van der Waals surface area contributed by atoms with Crippen LogP contribution in [0.5, 0.6) is 0 Å². The van der Waals surface area contributed by atoms with Crippen molar-refractivity contribution in [3.8, 4) is 0 Å². The van der Waals surface area contributed by atoms with E-state index in [1.807, 2.05) is 45.8 Å². The molecule has 88 valence electrons. The maximum Gasteiger partial charge on any atom is 0.302 e. The molecular weight excluding hydrogens is 240 g/mol. The summed E-state index contributed by atoms with van der Waals surface area (Å²) in [6, 6.07) is 8.07. The van der Waals surface area contributed by atoms with Crippen LogP contribution in [-0.2, 0) is 9.53 Å². The first-order valence-electron chi connectivity index (χ1n) is 4.85. The topological polar surface area (TPSA) is 26.3 Å². The summed E-state index contributed by atoms with van der Waals surface area (Å²) in [6.45, 7) is 3.65. The lowest BCUT2D eigenvalue weighted by molar-refractivity contribution is -0.140. The number of thiophene rings is 2. The molecule has 2 nitrogen and oxygen atoms in total. The third kappa shape index (κ3) is 12.9. The van der Waals surface area contributed by atoms with Crippen molar-refractivity contribution in [3.63, 3.8) is 0 Å². The summed E-state index contributed by atoms with van der Waals surface area (Å²) in [5.41, 5.74) is 0. The minimum absolute atomic E-state index is 0.211. The van der Waals surface area contributed by atoms with Gasteiger partial charge < -0.3 is 4.74 Å². The fourth-order valence-electron chi connectivity index (χ4n) is 0.657. The number of hydrogen-bond donors (Lipinski definition) is 0. The molecule has 2 aromatic rings. The molecule has 0 spiro atoms. The van der Waals surface area contributed by atoms with Crippen LogP contribution in [0.4, 0.5) is 0 Å². The van der Waals surface area contributed by atoms with Crippen molar-refractivity contribution in [2.45, 2.75) is 13.8 Å². The van der Waals surface area contributed by atoms with E-state index in [1.54, 1.807) is 29.6 Å². The zero-order valence-electron chi connectivity index (χ0n) is 9.46. The van der Waals surface area contributed by atoms with Gasteiger partial charge in [0, 0.05) is 6.92 Å². The SMILES string of the molecule is CCOC(C)=O.c1ccsc1.c1ccsc1. The van der Waals surface area contributed by atoms with Crippen LogP contribution in [0, 0.1) is 0 Å². The predicted molar refractivity (Wildman–Crippen MR) is 70.9 cm³/mol. The molecule has 2 aromatic heterocycles. The van der Waals surface area contributed by atoms with Gasteiger partial charge in [-0.15, -0.1) is 0 Å². The molecule has 16 heavy (non-hydrogen) atoms. The van der Waals surface area contributed by atoms with Crippen LogP contribution in [0.15, 0.2) is 45.8 Å². The Balaban J connectivity index is 0.000000211. The number of rotatable bonds is 1. The molecule has 0 atom stereocenters. The van der Waals surface area contributed by atoms with Crippen LogP contribution in [0.3, 0.4) is 0 Å². The first-order valence-corrected chi connectivity index (χ1v) is 6.73. The summed E-state index contributed by atoms with van der Waals surface area (Å²) in [6.07, 6.45) is 0. The Morgan fingerprint density at radius 3 is 1.44 bits per heavy atom. The van der Waals surface area contributed by atoms with Crippen LogP contribution < -0.4 is 0 Å². The summed E-state index contributed by atoms with van der Waals surface area (Å²) in [7, 11) is 0. The second kappa shape index (κ2) is 11.9. The first kappa shape index (κ1) is 14.9. The summed E-state index contributed by atoms with van der Waals surface area (Å²) < 4.78 is 4.40. The molecule has 2 heterocycles. The van der Waals surface area contributed by atoms with E-state index in [0.29, 0.717) is 6.61 Å². The molecule has 4 heteroatoms. The second-order valence-corrected chi connectivity index (χ2v) is 4.14. The molecule has 0 unspecified atom stereocenters. The van der Waals surface area contributed by atoms with Crippen molar-refractivity contribution < 1.29 is 9.53 Å². The molecule has 0 aromatic carbocycles. The second-order valence-electron chi connectivity index (χ2n) is 2.51. The van der Waals surface area contributed by atoms with Gasteiger partial charge in [0.25, 0.3) is 0 Å². The van der Waals surface area contributed by atoms with Crippen molar-refractivity contribution in [2.75, 3.05) is 6.61 Å². The molecule has 0 bridgehead atoms. The Hall–Kier alpha value is -1.13. The lowest BCUT2D eigenvalue weighted by Gasteiger charge is -1.89. The molecule has 0 N–H and O–H groups in total. The van der Waals surface area contributed by atoms with Crippen molar-refractivity contribution >= 4 is 28.6 Å². The highest BCUT2D eigenvalue weighted by Gasteiger charge is 1.81. The lowest BCUT2D eigenvalue weighted by Crippen LogP contribution is -1.95. The van der Waals surface area contributed by atoms with Gasteiger partial charge in [0.2, 0.25) is 0 Å². The minimum Gasteiger partial charge on any atom is -0.466 e. The van der Waals surface area contributed by atoms with E-state index in [9.17, 15) is 4.79 Å². The van der Waals surface area contributed by atoms with Crippen molar-refractivity contribution in [2.24, 2.45) is 0 Å². The van der Waals surface area contributed by atoms with Gasteiger partial charge in [-0.2, -0.15) is 22.7 Å². The Kier molecular flexibility index (Phi) is 11.1. The van der Waals surface area contributed by atoms with Gasteiger partial charge in [-0.05, 0) is 28.4 Å². The number of carbonyl (C=O) groups is 1. The minimum atomic E-state index is -0.211. The van der Waals surface area contributed by atoms with Crippen LogP contribution >= 0.6 is 22.7 Å². The highest BCUT2D eigenvalue weighted by molar-refractivity contribution is 7.08. The Labute approximate surface area is 105 Å². The van der Waals surface area contributed by atoms with E-state index in [-0.39, 0.29) is 5.97 Å². The number of esters is 1. The lowest BCUT2D eigenvalue weighted by atomic mass is 10.7. The van der Waals surface area contributed by atoms with E-state index >= 15 is 0 Å². The molecule has 0 radical (unpaired) electrons. The highest BCUT2D eigenvalue weighted by Crippen LogP contribution is 1.92. The molecule has 2 rings (SSSR count). The summed E-state index contributed by atoms with van der Waals surface area (Å²) >= 11 is 3.43. The quantitative estimate of drug-likeness (QED) is 0.719. The van der Waals surface area contributed by atoms with Crippen LogP contribution in [-0.4, -0.2) is 12.6 Å². The molecule has 0 saturated heterocycles. The number of carbonyl (C=O) groups excluding carboxylic acids is 1. The fourth-order valence-corrected chi connectivity index (χ4v) is 1.56. The number of hydrogen-bond acceptors (Lipinski definition) is 4. The number of ether oxygens (including phenoxy) is 1. The van der Waals surface area contributed by atoms with Crippen LogP contribution in [0.25, 0.3) is 0 Å². The maximum absolute atomic E-state index is 9.82. The van der Waals surface area contributed by atoms with Crippen molar-refractivity contribution in [1.29, 1.82) is 0 Å². The monoisotopic (exact) mass is 256 g/mol. The molecule has 0 fully saturated rings. The summed E-state index contributed by atoms with van der Waals surface area (Å²) in [5, 5.41) is 8.17. The normalized spacial score (nSPS) is 7.88. The molecule has 0 aliphatic rings. The zero-order chi connectivity index (χ0) is 12.1.